The van der Waals surface area contributed by atoms with E-state index in [0.29, 0.717) is 18.9 Å². The Morgan fingerprint density at radius 1 is 1.75 bits per heavy atom. The van der Waals surface area contributed by atoms with Gasteiger partial charge in [0.05, 0.1) is 6.54 Å². The fraction of sp³-hybridized carbons (Fsp3) is 0.700. The van der Waals surface area contributed by atoms with Crippen LogP contribution in [0.2, 0.25) is 0 Å². The second kappa shape index (κ2) is 5.07. The van der Waals surface area contributed by atoms with E-state index in [-0.39, 0.29) is 5.91 Å². The Hall–Kier alpha value is -1.43. The van der Waals surface area contributed by atoms with Crippen molar-refractivity contribution in [3.63, 3.8) is 0 Å². The van der Waals surface area contributed by atoms with Gasteiger partial charge in [-0.2, -0.15) is 0 Å². The van der Waals surface area contributed by atoms with E-state index in [0.717, 1.165) is 25.3 Å². The van der Waals surface area contributed by atoms with Crippen molar-refractivity contribution in [3.05, 3.63) is 12.2 Å². The molecule has 0 bridgehead atoms. The average Bonchev–Trinajstić information content (AvgIpc) is 2.87. The summed E-state index contributed by atoms with van der Waals surface area (Å²) < 4.78 is 1.80. The van der Waals surface area contributed by atoms with Crippen molar-refractivity contribution in [1.82, 2.24) is 25.4 Å². The van der Waals surface area contributed by atoms with Gasteiger partial charge in [0, 0.05) is 13.5 Å². The molecule has 1 amide bonds. The second-order valence-electron chi connectivity index (χ2n) is 4.20. The third-order valence-corrected chi connectivity index (χ3v) is 2.89. The minimum Gasteiger partial charge on any atom is -0.349 e. The zero-order valence-electron chi connectivity index (χ0n) is 9.44. The topological polar surface area (TPSA) is 71.8 Å². The van der Waals surface area contributed by atoms with Gasteiger partial charge in [0.2, 0.25) is 5.91 Å². The van der Waals surface area contributed by atoms with Gasteiger partial charge in [0.1, 0.15) is 6.33 Å². The highest BCUT2D eigenvalue weighted by Crippen LogP contribution is 2.11. The number of nitrogens with zero attached hydrogens (tertiary/aromatic N) is 3. The summed E-state index contributed by atoms with van der Waals surface area (Å²) in [5, 5.41) is 13.8. The number of amides is 1. The smallest absolute Gasteiger partial charge is 0.220 e. The van der Waals surface area contributed by atoms with Gasteiger partial charge in [-0.3, -0.25) is 4.79 Å². The first-order valence-corrected chi connectivity index (χ1v) is 5.56. The van der Waals surface area contributed by atoms with Gasteiger partial charge >= 0.3 is 0 Å². The fourth-order valence-corrected chi connectivity index (χ4v) is 1.87. The van der Waals surface area contributed by atoms with Gasteiger partial charge in [-0.05, 0) is 25.4 Å². The maximum atomic E-state index is 11.6. The molecule has 0 aliphatic carbocycles. The van der Waals surface area contributed by atoms with E-state index >= 15 is 0 Å². The van der Waals surface area contributed by atoms with E-state index in [1.54, 1.807) is 10.9 Å². The van der Waals surface area contributed by atoms with Crippen LogP contribution >= 0.6 is 0 Å². The van der Waals surface area contributed by atoms with Crippen molar-refractivity contribution in [2.45, 2.75) is 19.4 Å². The normalized spacial score (nSPS) is 19.9. The van der Waals surface area contributed by atoms with Crippen LogP contribution in [0.15, 0.2) is 6.33 Å². The summed E-state index contributed by atoms with van der Waals surface area (Å²) in [5.41, 5.74) is 0. The number of aryl methyl sites for hydroxylation is 1. The zero-order valence-corrected chi connectivity index (χ0v) is 9.44. The summed E-state index contributed by atoms with van der Waals surface area (Å²) in [4.78, 5) is 11.6. The maximum absolute atomic E-state index is 11.6. The molecule has 88 valence electrons. The van der Waals surface area contributed by atoms with E-state index in [1.807, 2.05) is 7.05 Å². The lowest BCUT2D eigenvalue weighted by molar-refractivity contribution is -0.122. The Labute approximate surface area is 94.4 Å². The van der Waals surface area contributed by atoms with Crippen LogP contribution in [0.4, 0.5) is 0 Å². The van der Waals surface area contributed by atoms with Crippen molar-refractivity contribution < 1.29 is 4.79 Å². The zero-order chi connectivity index (χ0) is 11.4. The second-order valence-corrected chi connectivity index (χ2v) is 4.20. The monoisotopic (exact) mass is 223 g/mol. The number of hydrogen-bond acceptors (Lipinski definition) is 4. The molecule has 16 heavy (non-hydrogen) atoms. The molecule has 0 spiro atoms. The molecule has 0 aromatic carbocycles. The van der Waals surface area contributed by atoms with Gasteiger partial charge in [-0.1, -0.05) is 0 Å². The number of carbonyl (C=O) groups excluding carboxylic acids is 1. The highest BCUT2D eigenvalue weighted by atomic mass is 16.1. The highest BCUT2D eigenvalue weighted by molar-refractivity contribution is 5.76. The number of carbonyl (C=O) groups is 1. The van der Waals surface area contributed by atoms with Crippen LogP contribution < -0.4 is 10.6 Å². The molecule has 0 saturated carbocycles. The van der Waals surface area contributed by atoms with Crippen LogP contribution in [0, 0.1) is 5.92 Å². The molecule has 2 rings (SSSR count). The number of hydrogen-bond donors (Lipinski definition) is 2. The maximum Gasteiger partial charge on any atom is 0.220 e. The van der Waals surface area contributed by atoms with Crippen molar-refractivity contribution in [2.75, 3.05) is 13.1 Å². The summed E-state index contributed by atoms with van der Waals surface area (Å²) in [6, 6.07) is 0. The molecule has 2 N–H and O–H groups in total. The van der Waals surface area contributed by atoms with Crippen LogP contribution in [-0.2, 0) is 18.4 Å². The predicted molar refractivity (Wildman–Crippen MR) is 58.4 cm³/mol. The van der Waals surface area contributed by atoms with Crippen LogP contribution in [-0.4, -0.2) is 33.8 Å². The number of rotatable bonds is 4. The summed E-state index contributed by atoms with van der Waals surface area (Å²) in [5.74, 6) is 1.36. The molecule has 1 aromatic heterocycles. The minimum absolute atomic E-state index is 0.0942. The van der Waals surface area contributed by atoms with Gasteiger partial charge < -0.3 is 15.2 Å². The van der Waals surface area contributed by atoms with Crippen molar-refractivity contribution in [2.24, 2.45) is 13.0 Å². The lowest BCUT2D eigenvalue weighted by Gasteiger charge is -2.08. The molecule has 1 aromatic rings. The molecule has 2 heterocycles. The van der Waals surface area contributed by atoms with Gasteiger partial charge in [0.15, 0.2) is 5.82 Å². The lowest BCUT2D eigenvalue weighted by Crippen LogP contribution is -2.27. The van der Waals surface area contributed by atoms with Crippen LogP contribution in [0.3, 0.4) is 0 Å². The van der Waals surface area contributed by atoms with E-state index in [2.05, 4.69) is 20.8 Å². The van der Waals surface area contributed by atoms with Crippen molar-refractivity contribution in [3.8, 4) is 0 Å². The number of nitrogens with one attached hydrogen (secondary N) is 2. The minimum atomic E-state index is 0.0942. The van der Waals surface area contributed by atoms with Gasteiger partial charge in [-0.25, -0.2) is 0 Å². The Bertz CT molecular complexity index is 356. The highest BCUT2D eigenvalue weighted by Gasteiger charge is 2.17. The molecule has 1 unspecified atom stereocenters. The molecule has 0 radical (unpaired) electrons. The first-order valence-electron chi connectivity index (χ1n) is 5.56. The Balaban J connectivity index is 1.73. The molecule has 6 nitrogen and oxygen atoms in total. The molecule has 1 atom stereocenters. The first-order chi connectivity index (χ1) is 7.75. The molecule has 1 saturated heterocycles. The third kappa shape index (κ3) is 2.79. The molecular formula is C10H17N5O. The SMILES string of the molecule is Cn1cnnc1CNC(=O)CC1CCNC1. The first kappa shape index (κ1) is 11.1. The largest absolute Gasteiger partial charge is 0.349 e. The fourth-order valence-electron chi connectivity index (χ4n) is 1.87. The standard InChI is InChI=1S/C10H17N5O/c1-15-7-13-14-9(15)6-12-10(16)4-8-2-3-11-5-8/h7-8,11H,2-6H2,1H3,(H,12,16). The van der Waals surface area contributed by atoms with E-state index in [1.165, 1.54) is 0 Å². The third-order valence-electron chi connectivity index (χ3n) is 2.89. The van der Waals surface area contributed by atoms with Crippen molar-refractivity contribution in [1.29, 1.82) is 0 Å². The predicted octanol–water partition coefficient (Wildman–Crippen LogP) is -0.569. The van der Waals surface area contributed by atoms with Crippen molar-refractivity contribution >= 4 is 5.91 Å². The molecule has 1 aliphatic heterocycles. The summed E-state index contributed by atoms with van der Waals surface area (Å²) >= 11 is 0. The van der Waals surface area contributed by atoms with Crippen LogP contribution in [0.25, 0.3) is 0 Å². The summed E-state index contributed by atoms with van der Waals surface area (Å²) in [6.45, 7) is 2.44. The summed E-state index contributed by atoms with van der Waals surface area (Å²) in [6.07, 6.45) is 3.32. The Morgan fingerprint density at radius 3 is 3.25 bits per heavy atom. The van der Waals surface area contributed by atoms with E-state index in [4.69, 9.17) is 0 Å². The number of aromatic nitrogens is 3. The van der Waals surface area contributed by atoms with E-state index < -0.39 is 0 Å². The van der Waals surface area contributed by atoms with Gasteiger partial charge in [0.25, 0.3) is 0 Å². The molecule has 1 fully saturated rings. The Kier molecular flexibility index (Phi) is 3.51. The van der Waals surface area contributed by atoms with Crippen LogP contribution in [0.5, 0.6) is 0 Å². The molecular weight excluding hydrogens is 206 g/mol. The Morgan fingerprint density at radius 2 is 2.62 bits per heavy atom. The quantitative estimate of drug-likeness (QED) is 0.717. The molecule has 1 aliphatic rings. The van der Waals surface area contributed by atoms with Gasteiger partial charge in [-0.15, -0.1) is 10.2 Å². The average molecular weight is 223 g/mol. The van der Waals surface area contributed by atoms with E-state index in [9.17, 15) is 4.79 Å². The van der Waals surface area contributed by atoms with Crippen LogP contribution in [0.1, 0.15) is 18.7 Å². The summed E-state index contributed by atoms with van der Waals surface area (Å²) in [7, 11) is 1.86. The molecule has 6 heteroatoms. The lowest BCUT2D eigenvalue weighted by atomic mass is 10.0.